The van der Waals surface area contributed by atoms with Gasteiger partial charge in [0.1, 0.15) is 12.3 Å². The van der Waals surface area contributed by atoms with Crippen LogP contribution < -0.4 is 16.0 Å². The van der Waals surface area contributed by atoms with Crippen molar-refractivity contribution in [2.24, 2.45) is 11.1 Å². The van der Waals surface area contributed by atoms with Crippen LogP contribution in [-0.4, -0.2) is 83.3 Å². The molecule has 0 saturated carbocycles. The smallest absolute Gasteiger partial charge is 0.474 e. The first-order valence-electron chi connectivity index (χ1n) is 12.7. The van der Waals surface area contributed by atoms with Crippen molar-refractivity contribution in [3.63, 3.8) is 0 Å². The number of nitrogens with one attached hydrogen (secondary N) is 1. The van der Waals surface area contributed by atoms with Crippen LogP contribution >= 0.6 is 31.0 Å². The number of ether oxygens (including phenoxy) is 3. The number of phenols is 1. The summed E-state index contributed by atoms with van der Waals surface area (Å²) in [6.45, 7) is 0.762. The molecular weight excluding hydrogens is 640 g/mol. The van der Waals surface area contributed by atoms with E-state index < -0.39 is 62.6 Å². The van der Waals surface area contributed by atoms with Crippen molar-refractivity contribution >= 4 is 37.2 Å². The Labute approximate surface area is 254 Å². The Morgan fingerprint density at radius 3 is 2.56 bits per heavy atom. The third-order valence-electron chi connectivity index (χ3n) is 6.70. The van der Waals surface area contributed by atoms with Gasteiger partial charge in [0.15, 0.2) is 30.2 Å². The highest BCUT2D eigenvalue weighted by Gasteiger charge is 2.42. The minimum atomic E-state index is -4.21. The zero-order valence-electron chi connectivity index (χ0n) is 23.0. The SMILES string of the molecule is COc1cc(Cl)c(C=NO[C@@H]2C[C@H](n3cc(C)c(=O)[nH]c3=O)O[C@@H]2COP(=O)(OC)OC[C@@H]2C[C@H](O)O[C@@H]2O)c(Cl)c1O. The van der Waals surface area contributed by atoms with Crippen LogP contribution in [0.2, 0.25) is 10.0 Å². The highest BCUT2D eigenvalue weighted by atomic mass is 35.5. The maximum atomic E-state index is 13.1. The van der Waals surface area contributed by atoms with E-state index >= 15 is 0 Å². The number of methoxy groups -OCH3 is 1. The fourth-order valence-electron chi connectivity index (χ4n) is 4.32. The van der Waals surface area contributed by atoms with Gasteiger partial charge < -0.3 is 34.4 Å². The van der Waals surface area contributed by atoms with Gasteiger partial charge in [0, 0.05) is 49.3 Å². The quantitative estimate of drug-likeness (QED) is 0.145. The summed E-state index contributed by atoms with van der Waals surface area (Å²) >= 11 is 12.4. The zero-order valence-corrected chi connectivity index (χ0v) is 25.5. The van der Waals surface area contributed by atoms with E-state index in [0.29, 0.717) is 0 Å². The molecule has 7 atom stereocenters. The average Bonchev–Trinajstić information content (AvgIpc) is 3.53. The molecule has 4 rings (SSSR count). The molecule has 3 heterocycles. The highest BCUT2D eigenvalue weighted by molar-refractivity contribution is 7.48. The normalized spacial score (nSPS) is 27.0. The molecule has 0 spiro atoms. The topological polar surface area (TPSA) is 210 Å². The summed E-state index contributed by atoms with van der Waals surface area (Å²) < 4.78 is 45.8. The lowest BCUT2D eigenvalue weighted by atomic mass is 10.1. The zero-order chi connectivity index (χ0) is 31.5. The molecule has 2 aliphatic rings. The molecule has 238 valence electrons. The first kappa shape index (κ1) is 33.4. The van der Waals surface area contributed by atoms with E-state index in [9.17, 15) is 29.5 Å². The van der Waals surface area contributed by atoms with E-state index in [2.05, 4.69) is 10.1 Å². The summed E-state index contributed by atoms with van der Waals surface area (Å²) in [5, 5.41) is 33.4. The molecule has 1 unspecified atom stereocenters. The molecule has 0 aliphatic carbocycles. The second-order valence-corrected chi connectivity index (χ2v) is 12.1. The summed E-state index contributed by atoms with van der Waals surface area (Å²) in [6.07, 6.45) is -2.87. The van der Waals surface area contributed by atoms with Crippen LogP contribution in [0.1, 0.15) is 30.2 Å². The average molecular weight is 670 g/mol. The summed E-state index contributed by atoms with van der Waals surface area (Å²) in [5.74, 6) is -0.999. The van der Waals surface area contributed by atoms with Gasteiger partial charge in [-0.2, -0.15) is 0 Å². The monoisotopic (exact) mass is 669 g/mol. The number of oxime groups is 1. The van der Waals surface area contributed by atoms with E-state index in [-0.39, 0.29) is 52.1 Å². The number of phosphoric ester groups is 1. The molecule has 19 heteroatoms. The highest BCUT2D eigenvalue weighted by Crippen LogP contribution is 2.50. The Morgan fingerprint density at radius 2 is 1.91 bits per heavy atom. The van der Waals surface area contributed by atoms with Gasteiger partial charge in [0.2, 0.25) is 0 Å². The molecule has 2 fully saturated rings. The van der Waals surface area contributed by atoms with E-state index in [1.807, 2.05) is 0 Å². The minimum absolute atomic E-state index is 0.0215. The molecule has 2 aromatic rings. The third kappa shape index (κ3) is 7.78. The number of aryl methyl sites for hydroxylation is 1. The van der Waals surface area contributed by atoms with Crippen molar-refractivity contribution in [3.8, 4) is 11.5 Å². The molecule has 2 saturated heterocycles. The number of H-pyrrole nitrogens is 1. The van der Waals surface area contributed by atoms with Crippen LogP contribution in [0.25, 0.3) is 0 Å². The predicted octanol–water partition coefficient (Wildman–Crippen LogP) is 2.03. The van der Waals surface area contributed by atoms with E-state index in [1.165, 1.54) is 26.3 Å². The Morgan fingerprint density at radius 1 is 1.19 bits per heavy atom. The number of benzene rings is 1. The van der Waals surface area contributed by atoms with Gasteiger partial charge in [0.05, 0.1) is 36.6 Å². The number of rotatable bonds is 12. The lowest BCUT2D eigenvalue weighted by Gasteiger charge is -2.22. The Bertz CT molecular complexity index is 1500. The van der Waals surface area contributed by atoms with Crippen molar-refractivity contribution < 1.29 is 52.5 Å². The van der Waals surface area contributed by atoms with Crippen LogP contribution in [0.15, 0.2) is 27.0 Å². The fourth-order valence-corrected chi connectivity index (χ4v) is 5.84. The summed E-state index contributed by atoms with van der Waals surface area (Å²) in [5.41, 5.74) is -0.918. The lowest BCUT2D eigenvalue weighted by Crippen LogP contribution is -2.33. The Balaban J connectivity index is 1.51. The van der Waals surface area contributed by atoms with Crippen LogP contribution in [0, 0.1) is 12.8 Å². The largest absolute Gasteiger partial charge is 0.503 e. The van der Waals surface area contributed by atoms with Crippen LogP contribution in [0.4, 0.5) is 0 Å². The number of phenolic OH excluding ortho intramolecular Hbond substituents is 1. The summed E-state index contributed by atoms with van der Waals surface area (Å²) in [7, 11) is -1.78. The molecule has 0 amide bonds. The second-order valence-electron chi connectivity index (χ2n) is 9.56. The number of aromatic hydroxyl groups is 1. The number of phosphoric acid groups is 1. The standard InChI is InChI=1S/C24H30Cl2N3O13P/c1-11-8-29(24(34)28-22(11)32)18-6-15(42-27-7-13-14(25)5-16(36-2)21(31)20(13)26)17(40-18)10-39-43(35,37-3)38-9-12-4-19(30)41-23(12)33/h5,7-8,12,15,17-19,23,30-31,33H,4,6,9-10H2,1-3H3,(H,28,32,34)/t12-,15+,17+,18+,19+,23-,43?/m0/s1. The van der Waals surface area contributed by atoms with Gasteiger partial charge in [-0.25, -0.2) is 9.36 Å². The number of halogens is 2. The first-order chi connectivity index (χ1) is 20.4. The molecular formula is C24H30Cl2N3O13P. The molecule has 43 heavy (non-hydrogen) atoms. The molecule has 1 aromatic carbocycles. The fraction of sp³-hybridized carbons (Fsp3) is 0.542. The number of hydrogen-bond donors (Lipinski definition) is 4. The van der Waals surface area contributed by atoms with Crippen LogP contribution in [-0.2, 0) is 32.4 Å². The van der Waals surface area contributed by atoms with Gasteiger partial charge in [-0.05, 0) is 6.92 Å². The van der Waals surface area contributed by atoms with Crippen molar-refractivity contribution in [3.05, 3.63) is 54.3 Å². The minimum Gasteiger partial charge on any atom is -0.503 e. The first-order valence-corrected chi connectivity index (χ1v) is 15.0. The second kappa shape index (κ2) is 14.1. The van der Waals surface area contributed by atoms with Crippen molar-refractivity contribution in [2.75, 3.05) is 27.4 Å². The molecule has 1 aromatic heterocycles. The summed E-state index contributed by atoms with van der Waals surface area (Å²) in [6, 6.07) is 1.33. The molecule has 2 aliphatic heterocycles. The number of hydrogen-bond acceptors (Lipinski definition) is 14. The summed E-state index contributed by atoms with van der Waals surface area (Å²) in [4.78, 5) is 32.2. The molecule has 0 radical (unpaired) electrons. The van der Waals surface area contributed by atoms with Gasteiger partial charge in [-0.1, -0.05) is 28.4 Å². The van der Waals surface area contributed by atoms with Gasteiger partial charge in [-0.3, -0.25) is 27.9 Å². The molecule has 0 bridgehead atoms. The number of aliphatic hydroxyl groups excluding tert-OH is 2. The van der Waals surface area contributed by atoms with Crippen LogP contribution in [0.5, 0.6) is 11.5 Å². The number of nitrogens with zero attached hydrogens (tertiary/aromatic N) is 2. The van der Waals surface area contributed by atoms with Gasteiger partial charge >= 0.3 is 13.5 Å². The van der Waals surface area contributed by atoms with Crippen molar-refractivity contribution in [1.82, 2.24) is 9.55 Å². The Hall–Kier alpha value is -2.50. The van der Waals surface area contributed by atoms with E-state index in [4.69, 9.17) is 55.8 Å². The predicted molar refractivity (Wildman–Crippen MR) is 149 cm³/mol. The number of aliphatic hydroxyl groups is 2. The molecule has 16 nitrogen and oxygen atoms in total. The third-order valence-corrected chi connectivity index (χ3v) is 8.77. The maximum Gasteiger partial charge on any atom is 0.474 e. The van der Waals surface area contributed by atoms with E-state index in [1.54, 1.807) is 0 Å². The number of aromatic nitrogens is 2. The molecule has 4 N–H and O–H groups in total. The van der Waals surface area contributed by atoms with Crippen molar-refractivity contribution in [1.29, 1.82) is 0 Å². The maximum absolute atomic E-state index is 13.1. The van der Waals surface area contributed by atoms with Gasteiger partial charge in [-0.15, -0.1) is 0 Å². The van der Waals surface area contributed by atoms with E-state index in [0.717, 1.165) is 17.9 Å². The number of aromatic amines is 1. The van der Waals surface area contributed by atoms with Crippen molar-refractivity contribution in [2.45, 2.75) is 50.8 Å². The lowest BCUT2D eigenvalue weighted by molar-refractivity contribution is -0.170. The van der Waals surface area contributed by atoms with Gasteiger partial charge in [0.25, 0.3) is 5.56 Å². The van der Waals surface area contributed by atoms with Crippen LogP contribution in [0.3, 0.4) is 0 Å². The Kier molecular flexibility index (Phi) is 10.9.